The first-order valence-corrected chi connectivity index (χ1v) is 3.44. The van der Waals surface area contributed by atoms with E-state index in [1.807, 2.05) is 0 Å². The topological polar surface area (TPSA) is 37.3 Å². The second kappa shape index (κ2) is 3.39. The van der Waals surface area contributed by atoms with E-state index in [9.17, 15) is 4.79 Å². The van der Waals surface area contributed by atoms with E-state index in [-0.39, 0.29) is 12.2 Å². The highest BCUT2D eigenvalue weighted by atomic mass is 35.5. The summed E-state index contributed by atoms with van der Waals surface area (Å²) in [5.41, 5.74) is 0.507. The fraction of sp³-hybridized carbons (Fsp3) is 0.125. The molecule has 0 saturated carbocycles. The number of halogens is 1. The van der Waals surface area contributed by atoms with Crippen LogP contribution in [0.1, 0.15) is 5.56 Å². The second-order valence-electron chi connectivity index (χ2n) is 2.09. The van der Waals surface area contributed by atoms with Crippen molar-refractivity contribution >= 4 is 17.9 Å². The van der Waals surface area contributed by atoms with Gasteiger partial charge in [-0.05, 0) is 18.2 Å². The largest absolute Gasteiger partial charge is 0.508 e. The number of carbonyl (C=O) groups excluding carboxylic acids is 1. The van der Waals surface area contributed by atoms with Gasteiger partial charge in [-0.25, -0.2) is 0 Å². The Morgan fingerprint density at radius 1 is 1.55 bits per heavy atom. The molecule has 57 valence electrons. The second-order valence-corrected chi connectivity index (χ2v) is 2.53. The van der Waals surface area contributed by atoms with Crippen molar-refractivity contribution < 1.29 is 9.90 Å². The maximum Gasteiger partial charge on any atom is 0.203 e. The molecule has 0 unspecified atom stereocenters. The van der Waals surface area contributed by atoms with Crippen LogP contribution in [0.2, 0.25) is 5.02 Å². The minimum Gasteiger partial charge on any atom is -0.508 e. The normalized spacial score (nSPS) is 9.55. The van der Waals surface area contributed by atoms with Gasteiger partial charge in [0.1, 0.15) is 5.75 Å². The molecule has 0 fully saturated rings. The third-order valence-corrected chi connectivity index (χ3v) is 1.54. The molecule has 1 radical (unpaired) electrons. The molecule has 3 heteroatoms. The highest BCUT2D eigenvalue weighted by Crippen LogP contribution is 2.20. The summed E-state index contributed by atoms with van der Waals surface area (Å²) in [6.45, 7) is 0. The SMILES string of the molecule is O=[C]Cc1cc(Cl)ccc1O. The van der Waals surface area contributed by atoms with Gasteiger partial charge >= 0.3 is 0 Å². The summed E-state index contributed by atoms with van der Waals surface area (Å²) in [4.78, 5) is 9.96. The van der Waals surface area contributed by atoms with E-state index >= 15 is 0 Å². The van der Waals surface area contributed by atoms with Crippen LogP contribution >= 0.6 is 11.6 Å². The maximum absolute atomic E-state index is 9.96. The summed E-state index contributed by atoms with van der Waals surface area (Å²) in [6.07, 6.45) is 1.76. The van der Waals surface area contributed by atoms with Crippen molar-refractivity contribution in [2.45, 2.75) is 6.42 Å². The maximum atomic E-state index is 9.96. The van der Waals surface area contributed by atoms with E-state index < -0.39 is 0 Å². The standard InChI is InChI=1S/C8H6ClO2/c9-7-1-2-8(11)6(5-7)3-4-10/h1-2,5,11H,3H2. The molecule has 0 spiro atoms. The molecule has 0 bridgehead atoms. The zero-order chi connectivity index (χ0) is 8.27. The van der Waals surface area contributed by atoms with Crippen molar-refractivity contribution in [1.82, 2.24) is 0 Å². The predicted molar refractivity (Wildman–Crippen MR) is 42.5 cm³/mol. The number of phenolic OH excluding ortho intramolecular Hbond substituents is 1. The Morgan fingerprint density at radius 2 is 2.27 bits per heavy atom. The molecule has 0 atom stereocenters. The first-order chi connectivity index (χ1) is 5.24. The van der Waals surface area contributed by atoms with Crippen LogP contribution in [0.4, 0.5) is 0 Å². The summed E-state index contributed by atoms with van der Waals surface area (Å²) in [6, 6.07) is 4.56. The molecule has 0 aliphatic heterocycles. The average molecular weight is 170 g/mol. The Morgan fingerprint density at radius 3 is 2.91 bits per heavy atom. The van der Waals surface area contributed by atoms with Crippen molar-refractivity contribution in [3.8, 4) is 5.75 Å². The summed E-state index contributed by atoms with van der Waals surface area (Å²) < 4.78 is 0. The Balaban J connectivity index is 3.01. The smallest absolute Gasteiger partial charge is 0.203 e. The van der Waals surface area contributed by atoms with Crippen molar-refractivity contribution in [2.24, 2.45) is 0 Å². The summed E-state index contributed by atoms with van der Waals surface area (Å²) in [5, 5.41) is 9.64. The fourth-order valence-electron chi connectivity index (χ4n) is 0.773. The number of rotatable bonds is 2. The molecule has 2 nitrogen and oxygen atoms in total. The first-order valence-electron chi connectivity index (χ1n) is 3.06. The summed E-state index contributed by atoms with van der Waals surface area (Å²) >= 11 is 5.61. The molecule has 1 N–H and O–H groups in total. The number of hydrogen-bond acceptors (Lipinski definition) is 2. The summed E-state index contributed by atoms with van der Waals surface area (Å²) in [7, 11) is 0. The molecular weight excluding hydrogens is 164 g/mol. The van der Waals surface area contributed by atoms with Gasteiger partial charge < -0.3 is 5.11 Å². The lowest BCUT2D eigenvalue weighted by atomic mass is 10.1. The highest BCUT2D eigenvalue weighted by Gasteiger charge is 2.00. The van der Waals surface area contributed by atoms with Gasteiger partial charge in [-0.15, -0.1) is 0 Å². The van der Waals surface area contributed by atoms with Crippen LogP contribution in [-0.4, -0.2) is 11.4 Å². The van der Waals surface area contributed by atoms with Crippen LogP contribution in [-0.2, 0) is 11.2 Å². The molecule has 0 aliphatic carbocycles. The highest BCUT2D eigenvalue weighted by molar-refractivity contribution is 6.30. The molecule has 1 rings (SSSR count). The monoisotopic (exact) mass is 169 g/mol. The van der Waals surface area contributed by atoms with Crippen LogP contribution in [0.25, 0.3) is 0 Å². The third kappa shape index (κ3) is 1.95. The number of benzene rings is 1. The Labute approximate surface area is 69.4 Å². The van der Waals surface area contributed by atoms with Crippen molar-refractivity contribution in [1.29, 1.82) is 0 Å². The van der Waals surface area contributed by atoms with Gasteiger partial charge in [-0.3, -0.25) is 4.79 Å². The quantitative estimate of drug-likeness (QED) is 0.732. The van der Waals surface area contributed by atoms with Gasteiger partial charge in [0.25, 0.3) is 0 Å². The lowest BCUT2D eigenvalue weighted by Gasteiger charge is -1.98. The number of phenols is 1. The first kappa shape index (κ1) is 8.08. The van der Waals surface area contributed by atoms with E-state index in [1.165, 1.54) is 6.07 Å². The molecule has 0 amide bonds. The fourth-order valence-corrected chi connectivity index (χ4v) is 0.968. The van der Waals surface area contributed by atoms with Crippen LogP contribution in [0, 0.1) is 0 Å². The van der Waals surface area contributed by atoms with E-state index in [1.54, 1.807) is 18.4 Å². The number of aromatic hydroxyl groups is 1. The van der Waals surface area contributed by atoms with Crippen molar-refractivity contribution in [3.05, 3.63) is 28.8 Å². The average Bonchev–Trinajstić information content (AvgIpc) is 1.98. The molecule has 0 aliphatic rings. The van der Waals surface area contributed by atoms with Gasteiger partial charge in [-0.1, -0.05) is 11.6 Å². The molecule has 0 heterocycles. The van der Waals surface area contributed by atoms with Gasteiger partial charge in [-0.2, -0.15) is 0 Å². The predicted octanol–water partition coefficient (Wildman–Crippen LogP) is 1.70. The zero-order valence-electron chi connectivity index (χ0n) is 5.67. The van der Waals surface area contributed by atoms with Crippen LogP contribution < -0.4 is 0 Å². The lowest BCUT2D eigenvalue weighted by Crippen LogP contribution is -1.85. The molecule has 11 heavy (non-hydrogen) atoms. The molecule has 0 saturated heterocycles. The van der Waals surface area contributed by atoms with Crippen LogP contribution in [0.3, 0.4) is 0 Å². The van der Waals surface area contributed by atoms with Crippen molar-refractivity contribution in [2.75, 3.05) is 0 Å². The van der Waals surface area contributed by atoms with Gasteiger partial charge in [0.05, 0.1) is 0 Å². The molecular formula is C8H6ClO2. The Hall–Kier alpha value is -1.02. The lowest BCUT2D eigenvalue weighted by molar-refractivity contribution is 0.469. The molecule has 1 aromatic rings. The van der Waals surface area contributed by atoms with Crippen molar-refractivity contribution in [3.63, 3.8) is 0 Å². The minimum atomic E-state index is 0.0758. The van der Waals surface area contributed by atoms with Gasteiger partial charge in [0.15, 0.2) is 0 Å². The van der Waals surface area contributed by atoms with Gasteiger partial charge in [0, 0.05) is 17.0 Å². The number of hydrogen-bond donors (Lipinski definition) is 1. The summed E-state index contributed by atoms with van der Waals surface area (Å²) in [5.74, 6) is 0.0813. The molecule has 1 aromatic carbocycles. The van der Waals surface area contributed by atoms with Crippen LogP contribution in [0.15, 0.2) is 18.2 Å². The van der Waals surface area contributed by atoms with Crippen LogP contribution in [0.5, 0.6) is 5.75 Å². The third-order valence-electron chi connectivity index (χ3n) is 1.30. The zero-order valence-corrected chi connectivity index (χ0v) is 6.43. The Bertz CT molecular complexity index is 271. The van der Waals surface area contributed by atoms with E-state index in [2.05, 4.69) is 0 Å². The van der Waals surface area contributed by atoms with E-state index in [0.29, 0.717) is 10.6 Å². The van der Waals surface area contributed by atoms with E-state index in [4.69, 9.17) is 16.7 Å². The minimum absolute atomic E-state index is 0.0758. The Kier molecular flexibility index (Phi) is 2.49. The van der Waals surface area contributed by atoms with E-state index in [0.717, 1.165) is 0 Å². The van der Waals surface area contributed by atoms with Gasteiger partial charge in [0.2, 0.25) is 6.29 Å². The molecule has 0 aromatic heterocycles.